The second-order valence-corrected chi connectivity index (χ2v) is 10.6. The van der Waals surface area contributed by atoms with Crippen LogP contribution in [0.25, 0.3) is 0 Å². The third-order valence-corrected chi connectivity index (χ3v) is 8.38. The molecule has 6 N–H and O–H groups in total. The Balaban J connectivity index is 1.05. The zero-order valence-corrected chi connectivity index (χ0v) is 21.7. The largest absolute Gasteiger partial charge is 0.376 e. The minimum Gasteiger partial charge on any atom is -0.376 e. The van der Waals surface area contributed by atoms with E-state index in [0.717, 1.165) is 32.5 Å². The molecule has 14 heteroatoms. The van der Waals surface area contributed by atoms with Gasteiger partial charge in [-0.25, -0.2) is 14.8 Å². The number of ether oxygens (including phenoxy) is 1. The number of carbonyl (C=O) groups is 1. The summed E-state index contributed by atoms with van der Waals surface area (Å²) in [6.07, 6.45) is 4.35. The number of likely N-dealkylation sites (tertiary alicyclic amines) is 1. The summed E-state index contributed by atoms with van der Waals surface area (Å²) in [5.74, 6) is -0.408. The molecule has 5 atom stereocenters. The Morgan fingerprint density at radius 2 is 2.13 bits per heavy atom. The highest BCUT2D eigenvalue weighted by Crippen LogP contribution is 2.41. The lowest BCUT2D eigenvalue weighted by molar-refractivity contribution is -0.250. The first-order valence-electron chi connectivity index (χ1n) is 12.8. The van der Waals surface area contributed by atoms with Gasteiger partial charge in [-0.3, -0.25) is 20.3 Å². The number of rotatable bonds is 4. The number of piperazine rings is 1. The average molecular weight is 546 g/mol. The molecular formula is C24H32ClN9O4. The van der Waals surface area contributed by atoms with E-state index >= 15 is 0 Å². The predicted molar refractivity (Wildman–Crippen MR) is 138 cm³/mol. The molecular weight excluding hydrogens is 514 g/mol. The maximum atomic E-state index is 12.5. The smallest absolute Gasteiger partial charge is 0.274 e. The van der Waals surface area contributed by atoms with Gasteiger partial charge in [-0.05, 0) is 38.0 Å². The fraction of sp³-hybridized carbons (Fsp3) is 0.542. The maximum Gasteiger partial charge on any atom is 0.274 e. The third kappa shape index (κ3) is 4.85. The predicted octanol–water partition coefficient (Wildman–Crippen LogP) is 0.569. The number of fused-ring (bicyclic) bond motifs is 1. The van der Waals surface area contributed by atoms with Crippen LogP contribution < -0.4 is 32.4 Å². The first-order valence-corrected chi connectivity index (χ1v) is 13.2. The fourth-order valence-electron chi connectivity index (χ4n) is 5.59. The van der Waals surface area contributed by atoms with Crippen LogP contribution in [0.4, 0.5) is 11.4 Å². The lowest BCUT2D eigenvalue weighted by atomic mass is 9.73. The summed E-state index contributed by atoms with van der Waals surface area (Å²) in [4.78, 5) is 34.5. The number of amides is 1. The number of anilines is 2. The van der Waals surface area contributed by atoms with Crippen LogP contribution in [0, 0.1) is 5.41 Å². The normalized spacial score (nSPS) is 31.2. The van der Waals surface area contributed by atoms with Gasteiger partial charge in [-0.2, -0.15) is 10.4 Å². The SMILES string of the molecule is C[C@@H]1OCC2(CCN(C3CNC4ON(c5cccc(NC(=O)c6ccncn6)c5Cl)ONC4N3)CC2)[C@@H]1N. The van der Waals surface area contributed by atoms with Crippen molar-refractivity contribution in [1.82, 2.24) is 31.0 Å². The van der Waals surface area contributed by atoms with Crippen LogP contribution >= 0.6 is 11.6 Å². The van der Waals surface area contributed by atoms with Crippen molar-refractivity contribution >= 4 is 28.9 Å². The number of nitrogens with zero attached hydrogens (tertiary/aromatic N) is 4. The summed E-state index contributed by atoms with van der Waals surface area (Å²) in [6, 6.07) is 6.76. The van der Waals surface area contributed by atoms with Gasteiger partial charge in [0.2, 0.25) is 0 Å². The number of hydrogen-bond acceptors (Lipinski definition) is 12. The monoisotopic (exact) mass is 545 g/mol. The van der Waals surface area contributed by atoms with E-state index in [-0.39, 0.29) is 40.6 Å². The highest BCUT2D eigenvalue weighted by molar-refractivity contribution is 6.36. The molecule has 1 aromatic carbocycles. The van der Waals surface area contributed by atoms with Crippen LogP contribution in [0.15, 0.2) is 36.8 Å². The molecule has 0 aliphatic carbocycles. The highest BCUT2D eigenvalue weighted by atomic mass is 35.5. The summed E-state index contributed by atoms with van der Waals surface area (Å²) in [5.41, 5.74) is 10.6. The Kier molecular flexibility index (Phi) is 7.20. The standard InChI is InChI=1S/C24H32ClN9O4/c1-14-20(26)24(12-36-14)6-9-33(10-7-24)18-11-28-23-21(31-18)32-38-34(37-23)17-4-2-3-15(19(17)25)30-22(35)16-5-8-27-13-29-16/h2-5,8,13-14,18,20-21,23,28,31-32H,6-7,9-12,26H2,1H3,(H,30,35)/t14-,18?,20+,21?,23?/m0/s1. The van der Waals surface area contributed by atoms with Gasteiger partial charge < -0.3 is 15.8 Å². The van der Waals surface area contributed by atoms with E-state index in [2.05, 4.69) is 43.2 Å². The Morgan fingerprint density at radius 1 is 1.29 bits per heavy atom. The maximum absolute atomic E-state index is 12.5. The molecule has 4 saturated heterocycles. The van der Waals surface area contributed by atoms with E-state index in [1.165, 1.54) is 23.8 Å². The van der Waals surface area contributed by atoms with Crippen LogP contribution in [0.1, 0.15) is 30.3 Å². The molecule has 1 aromatic heterocycles. The molecule has 6 rings (SSSR count). The van der Waals surface area contributed by atoms with Crippen molar-refractivity contribution in [2.75, 3.05) is 36.8 Å². The van der Waals surface area contributed by atoms with Gasteiger partial charge in [0.05, 0.1) is 29.6 Å². The number of benzene rings is 1. The molecule has 4 fully saturated rings. The Bertz CT molecular complexity index is 1150. The van der Waals surface area contributed by atoms with Crippen molar-refractivity contribution in [2.45, 2.75) is 50.5 Å². The molecule has 4 aliphatic rings. The van der Waals surface area contributed by atoms with Crippen molar-refractivity contribution in [3.8, 4) is 0 Å². The topological polar surface area (TPSA) is 151 Å². The zero-order valence-electron chi connectivity index (χ0n) is 21.0. The van der Waals surface area contributed by atoms with Gasteiger partial charge in [-0.15, -0.1) is 5.23 Å². The lowest BCUT2D eigenvalue weighted by Crippen LogP contribution is -2.74. The third-order valence-electron chi connectivity index (χ3n) is 7.98. The number of piperidine rings is 1. The number of hydroxylamine groups is 1. The summed E-state index contributed by atoms with van der Waals surface area (Å²) < 4.78 is 5.86. The molecule has 1 amide bonds. The second kappa shape index (κ2) is 10.6. The number of nitrogens with two attached hydrogens (primary N) is 1. The van der Waals surface area contributed by atoms with E-state index in [1.807, 2.05) is 0 Å². The van der Waals surface area contributed by atoms with Crippen molar-refractivity contribution in [3.05, 3.63) is 47.5 Å². The number of hydrogen-bond donors (Lipinski definition) is 5. The summed E-state index contributed by atoms with van der Waals surface area (Å²) in [5, 5.41) is 11.2. The number of halogens is 1. The molecule has 3 unspecified atom stereocenters. The van der Waals surface area contributed by atoms with Crippen LogP contribution in [0.3, 0.4) is 0 Å². The van der Waals surface area contributed by atoms with Gasteiger partial charge in [0.25, 0.3) is 5.91 Å². The van der Waals surface area contributed by atoms with Gasteiger partial charge in [0.15, 0.2) is 6.23 Å². The van der Waals surface area contributed by atoms with E-state index in [0.29, 0.717) is 17.9 Å². The van der Waals surface area contributed by atoms with Crippen LogP contribution in [0.5, 0.6) is 0 Å². The first kappa shape index (κ1) is 25.8. The molecule has 38 heavy (non-hydrogen) atoms. The molecule has 2 aromatic rings. The average Bonchev–Trinajstić information content (AvgIpc) is 3.23. The zero-order chi connectivity index (χ0) is 26.3. The first-order chi connectivity index (χ1) is 18.4. The quantitative estimate of drug-likeness (QED) is 0.365. The molecule has 13 nitrogen and oxygen atoms in total. The minimum absolute atomic E-state index is 0.0818. The highest BCUT2D eigenvalue weighted by Gasteiger charge is 2.49. The van der Waals surface area contributed by atoms with E-state index in [9.17, 15) is 4.79 Å². The molecule has 0 radical (unpaired) electrons. The second-order valence-electron chi connectivity index (χ2n) is 10.2. The Morgan fingerprint density at radius 3 is 2.87 bits per heavy atom. The molecule has 1 spiro atoms. The van der Waals surface area contributed by atoms with Crippen LogP contribution in [-0.2, 0) is 14.5 Å². The van der Waals surface area contributed by atoms with E-state index in [4.69, 9.17) is 31.8 Å². The number of aromatic nitrogens is 2. The fourth-order valence-corrected chi connectivity index (χ4v) is 5.83. The number of nitrogens with one attached hydrogen (secondary N) is 4. The van der Waals surface area contributed by atoms with Gasteiger partial charge in [0, 0.05) is 37.3 Å². The molecule has 0 bridgehead atoms. The van der Waals surface area contributed by atoms with Crippen molar-refractivity contribution in [3.63, 3.8) is 0 Å². The molecule has 0 saturated carbocycles. The summed E-state index contributed by atoms with van der Waals surface area (Å²) >= 11 is 6.61. The lowest BCUT2D eigenvalue weighted by Gasteiger charge is -2.49. The van der Waals surface area contributed by atoms with Crippen molar-refractivity contribution < 1.29 is 19.3 Å². The van der Waals surface area contributed by atoms with Crippen LogP contribution in [0.2, 0.25) is 5.02 Å². The molecule has 204 valence electrons. The van der Waals surface area contributed by atoms with Crippen LogP contribution in [-0.4, -0.2) is 77.7 Å². The Hall–Kier alpha value is -2.46. The van der Waals surface area contributed by atoms with E-state index in [1.54, 1.807) is 18.2 Å². The molecule has 4 aliphatic heterocycles. The minimum atomic E-state index is -0.413. The van der Waals surface area contributed by atoms with Gasteiger partial charge >= 0.3 is 0 Å². The molecule has 5 heterocycles. The number of carbonyl (C=O) groups excluding carboxylic acids is 1. The van der Waals surface area contributed by atoms with Gasteiger partial charge in [0.1, 0.15) is 23.9 Å². The van der Waals surface area contributed by atoms with Crippen molar-refractivity contribution in [1.29, 1.82) is 0 Å². The summed E-state index contributed by atoms with van der Waals surface area (Å²) in [6.45, 7) is 5.38. The van der Waals surface area contributed by atoms with Crippen molar-refractivity contribution in [2.24, 2.45) is 11.1 Å². The van der Waals surface area contributed by atoms with Gasteiger partial charge in [-0.1, -0.05) is 17.7 Å². The van der Waals surface area contributed by atoms with E-state index < -0.39 is 12.1 Å². The summed E-state index contributed by atoms with van der Waals surface area (Å²) in [7, 11) is 0. The Labute approximate surface area is 225 Å².